The Morgan fingerprint density at radius 2 is 1.08 bits per heavy atom. The predicted molar refractivity (Wildman–Crippen MR) is 105 cm³/mol. The molecular weight excluding hydrogens is 552 g/mol. The van der Waals surface area contributed by atoms with Crippen molar-refractivity contribution in [2.24, 2.45) is 0 Å². The van der Waals surface area contributed by atoms with Gasteiger partial charge in [0.1, 0.15) is 23.7 Å². The van der Waals surface area contributed by atoms with Crippen LogP contribution in [0, 0.1) is 0 Å². The van der Waals surface area contributed by atoms with Crippen LogP contribution >= 0.6 is 0 Å². The summed E-state index contributed by atoms with van der Waals surface area (Å²) in [6, 6.07) is 3.80. The van der Waals surface area contributed by atoms with Crippen LogP contribution in [-0.4, -0.2) is 5.11 Å². The molecule has 0 amide bonds. The quantitative estimate of drug-likeness (QED) is 0.315. The lowest BCUT2D eigenvalue weighted by molar-refractivity contribution is -0.143. The number of hydrogen-bond acceptors (Lipinski definition) is 3. The van der Waals surface area contributed by atoms with Crippen molar-refractivity contribution >= 4 is 0 Å². The summed E-state index contributed by atoms with van der Waals surface area (Å²) in [6.45, 7) is -1.19. The minimum absolute atomic E-state index is 0.179. The summed E-state index contributed by atoms with van der Waals surface area (Å²) in [5.41, 5.74) is -7.20. The van der Waals surface area contributed by atoms with Gasteiger partial charge in [-0.2, -0.15) is 52.7 Å². The van der Waals surface area contributed by atoms with Crippen molar-refractivity contribution in [1.82, 2.24) is 0 Å². The summed E-state index contributed by atoms with van der Waals surface area (Å²) in [6.07, 6.45) is -20.6. The van der Waals surface area contributed by atoms with Crippen LogP contribution in [0.4, 0.5) is 52.7 Å². The van der Waals surface area contributed by atoms with Crippen LogP contribution in [-0.2, 0) is 31.3 Å². The number of rotatable bonds is 5. The summed E-state index contributed by atoms with van der Waals surface area (Å²) in [5.74, 6) is -4.18. The minimum Gasteiger partial charge on any atom is -0.504 e. The monoisotopic (exact) mass is 564 g/mol. The number of halogens is 12. The van der Waals surface area contributed by atoms with Gasteiger partial charge in [-0.25, -0.2) is 0 Å². The zero-order valence-corrected chi connectivity index (χ0v) is 18.2. The van der Waals surface area contributed by atoms with E-state index in [0.29, 0.717) is 36.4 Å². The van der Waals surface area contributed by atoms with Crippen molar-refractivity contribution in [1.29, 1.82) is 0 Å². The number of ether oxygens (including phenoxy) is 2. The van der Waals surface area contributed by atoms with Gasteiger partial charge in [-0.1, -0.05) is 0 Å². The van der Waals surface area contributed by atoms with Crippen LogP contribution in [0.1, 0.15) is 27.8 Å². The highest BCUT2D eigenvalue weighted by atomic mass is 19.4. The second-order valence-electron chi connectivity index (χ2n) is 7.61. The van der Waals surface area contributed by atoms with Crippen molar-refractivity contribution in [2.75, 3.05) is 0 Å². The Morgan fingerprint density at radius 1 is 0.579 bits per heavy atom. The van der Waals surface area contributed by atoms with E-state index in [4.69, 9.17) is 9.47 Å². The first-order chi connectivity index (χ1) is 17.3. The number of phenolic OH excluding ortho intramolecular Hbond substituents is 1. The first kappa shape index (κ1) is 28.8. The fourth-order valence-corrected chi connectivity index (χ4v) is 3.14. The summed E-state index contributed by atoms with van der Waals surface area (Å²) < 4.78 is 168. The second kappa shape index (κ2) is 9.83. The molecule has 0 aromatic heterocycles. The van der Waals surface area contributed by atoms with Gasteiger partial charge in [0.05, 0.1) is 16.7 Å². The van der Waals surface area contributed by atoms with Crippen LogP contribution in [0.2, 0.25) is 0 Å². The first-order valence-electron chi connectivity index (χ1n) is 9.96. The maximum Gasteiger partial charge on any atom is 0.423 e. The molecule has 3 aromatic carbocycles. The molecule has 3 rings (SSSR count). The third kappa shape index (κ3) is 6.75. The number of alkyl halides is 12. The van der Waals surface area contributed by atoms with Gasteiger partial charge < -0.3 is 14.6 Å². The molecule has 38 heavy (non-hydrogen) atoms. The second-order valence-corrected chi connectivity index (χ2v) is 7.61. The van der Waals surface area contributed by atoms with Crippen LogP contribution in [0.25, 0.3) is 0 Å². The van der Waals surface area contributed by atoms with Gasteiger partial charge in [-0.05, 0) is 60.2 Å². The molecule has 0 spiro atoms. The predicted octanol–water partition coefficient (Wildman–Crippen LogP) is 8.84. The van der Waals surface area contributed by atoms with Crippen LogP contribution < -0.4 is 9.47 Å². The molecule has 3 nitrogen and oxygen atoms in total. The Hall–Kier alpha value is -3.78. The standard InChI is InChI=1S/C23H12F12O3/c24-20(25,26)12-1-3-15(4-2-12)38-19-16(36)5-6-17(18(19)23(33,34)35)37-10-11-7-13(21(27,28)29)9-14(8-11)22(30,31)32/h1-9,36H,10H2. The summed E-state index contributed by atoms with van der Waals surface area (Å²) in [4.78, 5) is 0. The van der Waals surface area contributed by atoms with E-state index in [0.717, 1.165) is 0 Å². The minimum atomic E-state index is -5.36. The van der Waals surface area contributed by atoms with Crippen LogP contribution in [0.3, 0.4) is 0 Å². The van der Waals surface area contributed by atoms with Crippen molar-refractivity contribution < 1.29 is 67.3 Å². The van der Waals surface area contributed by atoms with Crippen molar-refractivity contribution in [3.63, 3.8) is 0 Å². The molecule has 0 aliphatic carbocycles. The summed E-state index contributed by atoms with van der Waals surface area (Å²) >= 11 is 0. The first-order valence-corrected chi connectivity index (χ1v) is 9.96. The van der Waals surface area contributed by atoms with Crippen molar-refractivity contribution in [3.8, 4) is 23.0 Å². The molecule has 0 bridgehead atoms. The zero-order chi connectivity index (χ0) is 28.7. The molecule has 0 aliphatic heterocycles. The van der Waals surface area contributed by atoms with Gasteiger partial charge in [0.2, 0.25) is 0 Å². The highest BCUT2D eigenvalue weighted by Gasteiger charge is 2.41. The Labute approximate surface area is 204 Å². The number of phenols is 1. The Morgan fingerprint density at radius 3 is 1.53 bits per heavy atom. The number of benzene rings is 3. The number of aromatic hydroxyl groups is 1. The highest BCUT2D eigenvalue weighted by Crippen LogP contribution is 2.49. The lowest BCUT2D eigenvalue weighted by Crippen LogP contribution is -2.13. The van der Waals surface area contributed by atoms with E-state index in [-0.39, 0.29) is 18.2 Å². The van der Waals surface area contributed by atoms with E-state index in [9.17, 15) is 57.8 Å². The van der Waals surface area contributed by atoms with E-state index < -0.39 is 82.1 Å². The van der Waals surface area contributed by atoms with Crippen LogP contribution in [0.5, 0.6) is 23.0 Å². The molecule has 0 saturated heterocycles. The maximum absolute atomic E-state index is 13.9. The molecule has 0 heterocycles. The van der Waals surface area contributed by atoms with E-state index in [2.05, 4.69) is 0 Å². The lowest BCUT2D eigenvalue weighted by atomic mass is 10.1. The van der Waals surface area contributed by atoms with E-state index in [1.807, 2.05) is 0 Å². The Kier molecular flexibility index (Phi) is 7.45. The van der Waals surface area contributed by atoms with Crippen molar-refractivity contribution in [2.45, 2.75) is 31.3 Å². The van der Waals surface area contributed by atoms with Crippen LogP contribution in [0.15, 0.2) is 54.6 Å². The molecule has 0 unspecified atom stereocenters. The number of hydrogen-bond donors (Lipinski definition) is 1. The van der Waals surface area contributed by atoms with Gasteiger partial charge in [-0.15, -0.1) is 0 Å². The topological polar surface area (TPSA) is 38.7 Å². The molecule has 206 valence electrons. The van der Waals surface area contributed by atoms with E-state index in [1.165, 1.54) is 0 Å². The van der Waals surface area contributed by atoms with Gasteiger partial charge in [-0.3, -0.25) is 0 Å². The molecular formula is C23H12F12O3. The normalized spacial score (nSPS) is 12.9. The third-order valence-electron chi connectivity index (χ3n) is 4.83. The van der Waals surface area contributed by atoms with E-state index in [1.54, 1.807) is 0 Å². The molecule has 0 atom stereocenters. The average molecular weight is 564 g/mol. The highest BCUT2D eigenvalue weighted by molar-refractivity contribution is 5.56. The fraction of sp³-hybridized carbons (Fsp3) is 0.217. The van der Waals surface area contributed by atoms with Crippen molar-refractivity contribution in [3.05, 3.63) is 82.4 Å². The molecule has 15 heteroatoms. The average Bonchev–Trinajstić information content (AvgIpc) is 2.77. The Balaban J connectivity index is 2.00. The smallest absolute Gasteiger partial charge is 0.423 e. The molecule has 0 radical (unpaired) electrons. The zero-order valence-electron chi connectivity index (χ0n) is 18.2. The molecule has 0 fully saturated rings. The van der Waals surface area contributed by atoms with Gasteiger partial charge >= 0.3 is 24.7 Å². The molecule has 3 aromatic rings. The SMILES string of the molecule is Oc1ccc(OCc2cc(C(F)(F)F)cc(C(F)(F)F)c2)c(C(F)(F)F)c1Oc1ccc(C(F)(F)F)cc1. The van der Waals surface area contributed by atoms with Gasteiger partial charge in [0.25, 0.3) is 0 Å². The third-order valence-corrected chi connectivity index (χ3v) is 4.83. The van der Waals surface area contributed by atoms with Gasteiger partial charge in [0, 0.05) is 0 Å². The molecule has 0 saturated carbocycles. The summed E-state index contributed by atoms with van der Waals surface area (Å²) in [7, 11) is 0. The molecule has 1 N–H and O–H groups in total. The van der Waals surface area contributed by atoms with E-state index >= 15 is 0 Å². The largest absolute Gasteiger partial charge is 0.504 e. The lowest BCUT2D eigenvalue weighted by Gasteiger charge is -2.20. The summed E-state index contributed by atoms with van der Waals surface area (Å²) in [5, 5.41) is 9.95. The van der Waals surface area contributed by atoms with Gasteiger partial charge in [0.15, 0.2) is 11.5 Å². The maximum atomic E-state index is 13.9. The fourth-order valence-electron chi connectivity index (χ4n) is 3.14. The molecule has 0 aliphatic rings. The Bertz CT molecular complexity index is 1260.